The van der Waals surface area contributed by atoms with Gasteiger partial charge in [0.15, 0.2) is 0 Å². The summed E-state index contributed by atoms with van der Waals surface area (Å²) in [5.74, 6) is -0.695. The fourth-order valence-corrected chi connectivity index (χ4v) is 2.19. The lowest BCUT2D eigenvalue weighted by Gasteiger charge is -2.09. The summed E-state index contributed by atoms with van der Waals surface area (Å²) in [5.41, 5.74) is 0.426. The monoisotopic (exact) mass is 338 g/mol. The number of amides is 1. The number of nitrogens with one attached hydrogen (secondary N) is 1. The number of pyridine rings is 1. The van der Waals surface area contributed by atoms with Gasteiger partial charge in [-0.15, -0.1) is 0 Å². The predicted octanol–water partition coefficient (Wildman–Crippen LogP) is 2.16. The Kier molecular flexibility index (Phi) is 4.34. The highest BCUT2D eigenvalue weighted by molar-refractivity contribution is 9.10. The van der Waals surface area contributed by atoms with Crippen LogP contribution in [0.1, 0.15) is 15.9 Å². The lowest BCUT2D eigenvalue weighted by Crippen LogP contribution is -2.24. The van der Waals surface area contributed by atoms with Gasteiger partial charge in [0.05, 0.1) is 12.1 Å². The van der Waals surface area contributed by atoms with Crippen LogP contribution in [0, 0.1) is 5.82 Å². The number of rotatable bonds is 3. The van der Waals surface area contributed by atoms with Crippen molar-refractivity contribution in [1.82, 2.24) is 9.88 Å². The molecule has 1 aromatic heterocycles. The lowest BCUT2D eigenvalue weighted by atomic mass is 10.2. The highest BCUT2D eigenvalue weighted by Gasteiger charge is 2.08. The SMILES string of the molecule is CNC(=O)c1ccc(=O)n(Cc2cc(Br)ccc2F)c1. The van der Waals surface area contributed by atoms with Gasteiger partial charge in [0.2, 0.25) is 0 Å². The summed E-state index contributed by atoms with van der Waals surface area (Å²) in [5, 5.41) is 2.48. The number of hydrogen-bond acceptors (Lipinski definition) is 2. The van der Waals surface area contributed by atoms with Crippen LogP contribution in [0.25, 0.3) is 0 Å². The lowest BCUT2D eigenvalue weighted by molar-refractivity contribution is 0.0962. The predicted molar refractivity (Wildman–Crippen MR) is 77.3 cm³/mol. The van der Waals surface area contributed by atoms with Crippen LogP contribution >= 0.6 is 15.9 Å². The van der Waals surface area contributed by atoms with E-state index in [-0.39, 0.29) is 18.0 Å². The Balaban J connectivity index is 2.40. The second-order valence-electron chi connectivity index (χ2n) is 4.20. The molecule has 0 aliphatic carbocycles. The molecule has 1 amide bonds. The van der Waals surface area contributed by atoms with E-state index in [9.17, 15) is 14.0 Å². The van der Waals surface area contributed by atoms with Gasteiger partial charge < -0.3 is 9.88 Å². The van der Waals surface area contributed by atoms with Crippen LogP contribution in [-0.2, 0) is 6.54 Å². The molecule has 0 unspecified atom stereocenters. The van der Waals surface area contributed by atoms with Crippen LogP contribution in [-0.4, -0.2) is 17.5 Å². The van der Waals surface area contributed by atoms with E-state index in [2.05, 4.69) is 21.2 Å². The third-order valence-electron chi connectivity index (χ3n) is 2.82. The molecule has 0 spiro atoms. The summed E-state index contributed by atoms with van der Waals surface area (Å²) in [6.07, 6.45) is 1.42. The number of halogens is 2. The van der Waals surface area contributed by atoms with E-state index in [0.29, 0.717) is 11.1 Å². The number of carbonyl (C=O) groups is 1. The van der Waals surface area contributed by atoms with Crippen LogP contribution < -0.4 is 10.9 Å². The van der Waals surface area contributed by atoms with Crippen LogP contribution in [0.5, 0.6) is 0 Å². The molecular formula is C14H12BrFN2O2. The van der Waals surface area contributed by atoms with Gasteiger partial charge in [0.25, 0.3) is 11.5 Å². The first kappa shape index (κ1) is 14.5. The molecule has 0 aliphatic heterocycles. The molecule has 1 N–H and O–H groups in total. The number of benzene rings is 1. The molecule has 20 heavy (non-hydrogen) atoms. The zero-order valence-electron chi connectivity index (χ0n) is 10.7. The molecule has 2 aromatic rings. The van der Waals surface area contributed by atoms with E-state index in [1.165, 1.54) is 36.0 Å². The maximum Gasteiger partial charge on any atom is 0.252 e. The third kappa shape index (κ3) is 3.14. The molecule has 0 bridgehead atoms. The van der Waals surface area contributed by atoms with E-state index < -0.39 is 5.82 Å². The Morgan fingerprint density at radius 2 is 2.10 bits per heavy atom. The molecule has 104 valence electrons. The minimum atomic E-state index is -0.398. The summed E-state index contributed by atoms with van der Waals surface area (Å²) in [7, 11) is 1.51. The molecule has 0 saturated heterocycles. The van der Waals surface area contributed by atoms with Crippen LogP contribution in [0.3, 0.4) is 0 Å². The van der Waals surface area contributed by atoms with E-state index in [4.69, 9.17) is 0 Å². The Bertz CT molecular complexity index is 713. The minimum Gasteiger partial charge on any atom is -0.355 e. The van der Waals surface area contributed by atoms with Crippen molar-refractivity contribution in [2.45, 2.75) is 6.54 Å². The highest BCUT2D eigenvalue weighted by Crippen LogP contribution is 2.16. The molecule has 4 nitrogen and oxygen atoms in total. The molecule has 0 aliphatic rings. The third-order valence-corrected chi connectivity index (χ3v) is 3.31. The van der Waals surface area contributed by atoms with Gasteiger partial charge in [-0.25, -0.2) is 4.39 Å². The maximum atomic E-state index is 13.7. The van der Waals surface area contributed by atoms with Gasteiger partial charge in [-0.3, -0.25) is 9.59 Å². The first-order valence-electron chi connectivity index (χ1n) is 5.88. The molecule has 2 rings (SSSR count). The van der Waals surface area contributed by atoms with Gasteiger partial charge in [0, 0.05) is 29.3 Å². The second kappa shape index (κ2) is 6.00. The number of aromatic nitrogens is 1. The molecule has 1 aromatic carbocycles. The normalized spacial score (nSPS) is 10.3. The second-order valence-corrected chi connectivity index (χ2v) is 5.11. The van der Waals surface area contributed by atoms with E-state index in [1.807, 2.05) is 0 Å². The average molecular weight is 339 g/mol. The first-order valence-corrected chi connectivity index (χ1v) is 6.67. The summed E-state index contributed by atoms with van der Waals surface area (Å²) in [4.78, 5) is 23.3. The Labute approximate surface area is 123 Å². The Morgan fingerprint density at radius 1 is 1.35 bits per heavy atom. The largest absolute Gasteiger partial charge is 0.355 e. The Morgan fingerprint density at radius 3 is 2.80 bits per heavy atom. The number of hydrogen-bond donors (Lipinski definition) is 1. The fourth-order valence-electron chi connectivity index (χ4n) is 1.78. The van der Waals surface area contributed by atoms with Crippen molar-refractivity contribution in [3.05, 3.63) is 68.3 Å². The van der Waals surface area contributed by atoms with E-state index >= 15 is 0 Å². The van der Waals surface area contributed by atoms with Gasteiger partial charge in [-0.2, -0.15) is 0 Å². The fraction of sp³-hybridized carbons (Fsp3) is 0.143. The number of nitrogens with zero attached hydrogens (tertiary/aromatic N) is 1. The smallest absolute Gasteiger partial charge is 0.252 e. The summed E-state index contributed by atoms with van der Waals surface area (Å²) in [6.45, 7) is 0.0644. The average Bonchev–Trinajstić information content (AvgIpc) is 2.44. The standard InChI is InChI=1S/C14H12BrFN2O2/c1-17-14(20)9-2-5-13(19)18(7-9)8-10-6-11(15)3-4-12(10)16/h2-7H,8H2,1H3,(H,17,20). The summed E-state index contributed by atoms with van der Waals surface area (Å²) >= 11 is 3.26. The zero-order valence-corrected chi connectivity index (χ0v) is 12.3. The molecule has 0 fully saturated rings. The van der Waals surface area contributed by atoms with Gasteiger partial charge in [-0.05, 0) is 24.3 Å². The molecule has 0 atom stereocenters. The topological polar surface area (TPSA) is 51.1 Å². The van der Waals surface area contributed by atoms with E-state index in [0.717, 1.165) is 4.47 Å². The summed E-state index contributed by atoms with van der Waals surface area (Å²) < 4.78 is 15.7. The molecule has 1 heterocycles. The van der Waals surface area contributed by atoms with Crippen molar-refractivity contribution >= 4 is 21.8 Å². The molecule has 6 heteroatoms. The van der Waals surface area contributed by atoms with Crippen molar-refractivity contribution in [3.63, 3.8) is 0 Å². The minimum absolute atomic E-state index is 0.0644. The van der Waals surface area contributed by atoms with Crippen molar-refractivity contribution in [2.75, 3.05) is 7.05 Å². The number of carbonyl (C=O) groups excluding carboxylic acids is 1. The van der Waals surface area contributed by atoms with Crippen molar-refractivity contribution in [2.24, 2.45) is 0 Å². The van der Waals surface area contributed by atoms with Crippen LogP contribution in [0.15, 0.2) is 45.8 Å². The van der Waals surface area contributed by atoms with Crippen molar-refractivity contribution in [3.8, 4) is 0 Å². The zero-order chi connectivity index (χ0) is 14.7. The van der Waals surface area contributed by atoms with Crippen molar-refractivity contribution < 1.29 is 9.18 Å². The van der Waals surface area contributed by atoms with E-state index in [1.54, 1.807) is 12.1 Å². The van der Waals surface area contributed by atoms with Gasteiger partial charge in [-0.1, -0.05) is 15.9 Å². The maximum absolute atomic E-state index is 13.7. The first-order chi connectivity index (χ1) is 9.51. The quantitative estimate of drug-likeness (QED) is 0.932. The van der Waals surface area contributed by atoms with Crippen molar-refractivity contribution in [1.29, 1.82) is 0 Å². The molecular weight excluding hydrogens is 327 g/mol. The van der Waals surface area contributed by atoms with Gasteiger partial charge in [0.1, 0.15) is 5.82 Å². The van der Waals surface area contributed by atoms with Gasteiger partial charge >= 0.3 is 0 Å². The Hall–Kier alpha value is -1.95. The molecule has 0 saturated carbocycles. The van der Waals surface area contributed by atoms with Crippen LogP contribution in [0.4, 0.5) is 4.39 Å². The summed E-state index contributed by atoms with van der Waals surface area (Å²) in [6, 6.07) is 7.25. The van der Waals surface area contributed by atoms with Crippen LogP contribution in [0.2, 0.25) is 0 Å². The molecule has 0 radical (unpaired) electrons. The highest BCUT2D eigenvalue weighted by atomic mass is 79.9.